The van der Waals surface area contributed by atoms with Crippen molar-refractivity contribution in [1.82, 2.24) is 10.2 Å². The van der Waals surface area contributed by atoms with Crippen LogP contribution in [0.3, 0.4) is 0 Å². The van der Waals surface area contributed by atoms with E-state index in [0.717, 1.165) is 31.8 Å². The van der Waals surface area contributed by atoms with Crippen LogP contribution < -0.4 is 5.32 Å². The van der Waals surface area contributed by atoms with Gasteiger partial charge in [0.15, 0.2) is 9.84 Å². The molecule has 3 aliphatic rings. The first-order valence-corrected chi connectivity index (χ1v) is 9.64. The first-order valence-electron chi connectivity index (χ1n) is 7.82. The van der Waals surface area contributed by atoms with Crippen LogP contribution in [-0.4, -0.2) is 56.5 Å². The van der Waals surface area contributed by atoms with Crippen molar-refractivity contribution in [2.24, 2.45) is 5.92 Å². The summed E-state index contributed by atoms with van der Waals surface area (Å²) in [6.45, 7) is 3.38. The van der Waals surface area contributed by atoms with Crippen molar-refractivity contribution in [2.75, 3.05) is 31.1 Å². The van der Waals surface area contributed by atoms with Crippen LogP contribution in [0.1, 0.15) is 38.5 Å². The SMILES string of the molecule is O=S1(=O)CCCC(N2CCCC(C3CCCN3)C2)C1. The first kappa shape index (κ1) is 13.8. The monoisotopic (exact) mass is 286 g/mol. The van der Waals surface area contributed by atoms with Crippen LogP contribution >= 0.6 is 0 Å². The lowest BCUT2D eigenvalue weighted by molar-refractivity contribution is 0.109. The van der Waals surface area contributed by atoms with Crippen molar-refractivity contribution in [2.45, 2.75) is 50.6 Å². The molecule has 3 unspecified atom stereocenters. The molecule has 3 rings (SSSR count). The number of likely N-dealkylation sites (tertiary alicyclic amines) is 1. The molecule has 3 heterocycles. The fourth-order valence-corrected chi connectivity index (χ4v) is 5.84. The van der Waals surface area contributed by atoms with Gasteiger partial charge in [-0.25, -0.2) is 8.42 Å². The molecule has 1 N–H and O–H groups in total. The molecule has 0 amide bonds. The van der Waals surface area contributed by atoms with Gasteiger partial charge in [-0.2, -0.15) is 0 Å². The Kier molecular flexibility index (Phi) is 4.15. The summed E-state index contributed by atoms with van der Waals surface area (Å²) in [4.78, 5) is 2.48. The Bertz CT molecular complexity index is 404. The number of nitrogens with one attached hydrogen (secondary N) is 1. The lowest BCUT2D eigenvalue weighted by atomic mass is 9.89. The topological polar surface area (TPSA) is 49.4 Å². The summed E-state index contributed by atoms with van der Waals surface area (Å²) < 4.78 is 23.6. The normalized spacial score (nSPS) is 40.3. The maximum Gasteiger partial charge on any atom is 0.151 e. The van der Waals surface area contributed by atoms with Crippen LogP contribution in [-0.2, 0) is 9.84 Å². The maximum atomic E-state index is 11.8. The van der Waals surface area contributed by atoms with E-state index in [1.807, 2.05) is 0 Å². The average molecular weight is 286 g/mol. The zero-order chi connectivity index (χ0) is 13.3. The van der Waals surface area contributed by atoms with E-state index < -0.39 is 9.84 Å². The lowest BCUT2D eigenvalue weighted by Gasteiger charge is -2.41. The lowest BCUT2D eigenvalue weighted by Crippen LogP contribution is -2.51. The van der Waals surface area contributed by atoms with Gasteiger partial charge in [-0.15, -0.1) is 0 Å². The third-order valence-corrected chi connectivity index (χ3v) is 6.92. The second-order valence-corrected chi connectivity index (χ2v) is 8.74. The van der Waals surface area contributed by atoms with Gasteiger partial charge in [0.25, 0.3) is 0 Å². The van der Waals surface area contributed by atoms with Gasteiger partial charge in [0, 0.05) is 18.6 Å². The Morgan fingerprint density at radius 2 is 1.95 bits per heavy atom. The molecule has 3 fully saturated rings. The fraction of sp³-hybridized carbons (Fsp3) is 1.00. The van der Waals surface area contributed by atoms with Crippen molar-refractivity contribution in [1.29, 1.82) is 0 Å². The molecule has 0 bridgehead atoms. The second-order valence-electron chi connectivity index (χ2n) is 6.51. The minimum atomic E-state index is -2.78. The van der Waals surface area contributed by atoms with Gasteiger partial charge in [0.2, 0.25) is 0 Å². The van der Waals surface area contributed by atoms with Crippen molar-refractivity contribution >= 4 is 9.84 Å². The molecule has 4 nitrogen and oxygen atoms in total. The third-order valence-electron chi connectivity index (χ3n) is 5.11. The predicted molar refractivity (Wildman–Crippen MR) is 77.0 cm³/mol. The van der Waals surface area contributed by atoms with E-state index in [1.54, 1.807) is 0 Å². The molecule has 3 saturated heterocycles. The number of hydrogen-bond acceptors (Lipinski definition) is 4. The number of nitrogens with zero attached hydrogens (tertiary/aromatic N) is 1. The highest BCUT2D eigenvalue weighted by atomic mass is 32.2. The number of rotatable bonds is 2. The van der Waals surface area contributed by atoms with Crippen LogP contribution in [0.15, 0.2) is 0 Å². The van der Waals surface area contributed by atoms with Gasteiger partial charge in [-0.1, -0.05) is 0 Å². The fourth-order valence-electron chi connectivity index (χ4n) is 4.10. The molecule has 3 atom stereocenters. The van der Waals surface area contributed by atoms with E-state index in [2.05, 4.69) is 10.2 Å². The van der Waals surface area contributed by atoms with E-state index in [9.17, 15) is 8.42 Å². The highest BCUT2D eigenvalue weighted by molar-refractivity contribution is 7.91. The van der Waals surface area contributed by atoms with Gasteiger partial charge in [-0.05, 0) is 57.5 Å². The van der Waals surface area contributed by atoms with E-state index in [4.69, 9.17) is 0 Å². The van der Waals surface area contributed by atoms with Gasteiger partial charge < -0.3 is 5.32 Å². The van der Waals surface area contributed by atoms with Gasteiger partial charge in [-0.3, -0.25) is 4.90 Å². The minimum Gasteiger partial charge on any atom is -0.314 e. The largest absolute Gasteiger partial charge is 0.314 e. The molecule has 0 aromatic carbocycles. The number of piperidine rings is 1. The van der Waals surface area contributed by atoms with E-state index >= 15 is 0 Å². The quantitative estimate of drug-likeness (QED) is 0.824. The molecule has 0 radical (unpaired) electrons. The van der Waals surface area contributed by atoms with Crippen LogP contribution in [0.5, 0.6) is 0 Å². The predicted octanol–water partition coefficient (Wildman–Crippen LogP) is 1.03. The highest BCUT2D eigenvalue weighted by Crippen LogP contribution is 2.28. The molecule has 0 aromatic rings. The zero-order valence-electron chi connectivity index (χ0n) is 11.7. The summed E-state index contributed by atoms with van der Waals surface area (Å²) in [5.74, 6) is 1.55. The Balaban J connectivity index is 1.61. The summed E-state index contributed by atoms with van der Waals surface area (Å²) in [6, 6.07) is 0.978. The number of sulfone groups is 1. The second kappa shape index (κ2) is 5.70. The van der Waals surface area contributed by atoms with Crippen molar-refractivity contribution in [3.63, 3.8) is 0 Å². The molecule has 0 aromatic heterocycles. The van der Waals surface area contributed by atoms with E-state index in [1.165, 1.54) is 32.2 Å². The average Bonchev–Trinajstić information content (AvgIpc) is 2.92. The maximum absolute atomic E-state index is 11.8. The third kappa shape index (κ3) is 3.31. The summed E-state index contributed by atoms with van der Waals surface area (Å²) in [5, 5.41) is 3.62. The van der Waals surface area contributed by atoms with Crippen LogP contribution in [0.25, 0.3) is 0 Å². The smallest absolute Gasteiger partial charge is 0.151 e. The van der Waals surface area contributed by atoms with Gasteiger partial charge in [0.05, 0.1) is 11.5 Å². The highest BCUT2D eigenvalue weighted by Gasteiger charge is 2.34. The van der Waals surface area contributed by atoms with Crippen LogP contribution in [0.4, 0.5) is 0 Å². The van der Waals surface area contributed by atoms with Crippen LogP contribution in [0.2, 0.25) is 0 Å². The molecule has 0 saturated carbocycles. The van der Waals surface area contributed by atoms with Gasteiger partial charge >= 0.3 is 0 Å². The Morgan fingerprint density at radius 1 is 1.05 bits per heavy atom. The van der Waals surface area contributed by atoms with Crippen molar-refractivity contribution < 1.29 is 8.42 Å². The first-order chi connectivity index (χ1) is 9.14. The standard InChI is InChI=1S/C14H26N2O2S/c17-19(18)9-3-5-13(11-19)16-8-2-4-12(10-16)14-6-1-7-15-14/h12-15H,1-11H2. The zero-order valence-corrected chi connectivity index (χ0v) is 12.5. The molecule has 5 heteroatoms. The Labute approximate surface area is 116 Å². The molecule has 3 aliphatic heterocycles. The molecular formula is C14H26N2O2S. The number of hydrogen-bond donors (Lipinski definition) is 1. The summed E-state index contributed by atoms with van der Waals surface area (Å²) in [7, 11) is -2.78. The molecule has 0 aliphatic carbocycles. The summed E-state index contributed by atoms with van der Waals surface area (Å²) in [6.07, 6.45) is 7.09. The van der Waals surface area contributed by atoms with Crippen molar-refractivity contribution in [3.8, 4) is 0 Å². The van der Waals surface area contributed by atoms with Gasteiger partial charge in [0.1, 0.15) is 0 Å². The Morgan fingerprint density at radius 3 is 2.68 bits per heavy atom. The van der Waals surface area contributed by atoms with Crippen LogP contribution in [0, 0.1) is 5.92 Å². The summed E-state index contributed by atoms with van der Waals surface area (Å²) >= 11 is 0. The van der Waals surface area contributed by atoms with Crippen molar-refractivity contribution in [3.05, 3.63) is 0 Å². The Hall–Kier alpha value is -0.130. The van der Waals surface area contributed by atoms with E-state index in [0.29, 0.717) is 23.6 Å². The molecule has 19 heavy (non-hydrogen) atoms. The molecular weight excluding hydrogens is 260 g/mol. The molecule has 0 spiro atoms. The van der Waals surface area contributed by atoms with E-state index in [-0.39, 0.29) is 0 Å². The molecule has 110 valence electrons. The minimum absolute atomic E-state index is 0.294. The summed E-state index contributed by atoms with van der Waals surface area (Å²) in [5.41, 5.74) is 0.